The summed E-state index contributed by atoms with van der Waals surface area (Å²) in [4.78, 5) is 20.8. The van der Waals surface area contributed by atoms with Crippen molar-refractivity contribution in [3.05, 3.63) is 64.2 Å². The van der Waals surface area contributed by atoms with E-state index in [4.69, 9.17) is 4.74 Å². The van der Waals surface area contributed by atoms with Crippen molar-refractivity contribution in [3.8, 4) is 0 Å². The maximum Gasteiger partial charge on any atom is 0.208 e. The molecule has 1 aromatic carbocycles. The Morgan fingerprint density at radius 2 is 2.23 bits per heavy atom. The highest BCUT2D eigenvalue weighted by Gasteiger charge is 2.19. The predicted octanol–water partition coefficient (Wildman–Crippen LogP) is 2.80. The number of fused-ring (bicyclic) bond motifs is 1. The molecule has 8 heteroatoms. The minimum absolute atomic E-state index is 0.0513. The maximum atomic E-state index is 14.3. The molecule has 1 N–H and O–H groups in total. The Bertz CT molecular complexity index is 943. The number of Topliss-reactive ketones (excluding diaryl/α,β-unsaturated/α-hetero) is 1. The number of carbonyl (C=O) groups excluding carboxylic acids is 1. The van der Waals surface area contributed by atoms with Crippen LogP contribution < -0.4 is 0 Å². The average Bonchev–Trinajstić information content (AvgIpc) is 3.06. The van der Waals surface area contributed by atoms with Gasteiger partial charge >= 0.3 is 0 Å². The number of carbonyl (C=O) groups is 1. The van der Waals surface area contributed by atoms with Gasteiger partial charge in [-0.25, -0.2) is 14.4 Å². The third-order valence-corrected chi connectivity index (χ3v) is 4.28. The molecule has 0 saturated heterocycles. The van der Waals surface area contributed by atoms with Gasteiger partial charge in [-0.15, -0.1) is 0 Å². The van der Waals surface area contributed by atoms with Crippen LogP contribution in [0.2, 0.25) is 0 Å². The van der Waals surface area contributed by atoms with E-state index in [1.54, 1.807) is 36.0 Å². The highest BCUT2D eigenvalue weighted by Crippen LogP contribution is 2.21. The number of benzene rings is 1. The van der Waals surface area contributed by atoms with Crippen LogP contribution in [0.15, 0.2) is 41.4 Å². The van der Waals surface area contributed by atoms with Gasteiger partial charge in [0.1, 0.15) is 18.1 Å². The molecule has 3 rings (SSSR count). The lowest BCUT2D eigenvalue weighted by Crippen LogP contribution is -2.19. The summed E-state index contributed by atoms with van der Waals surface area (Å²) >= 11 is 3.23. The fraction of sp³-hybridized carbons (Fsp3) is 0.278. The lowest BCUT2D eigenvalue weighted by molar-refractivity contribution is 0.0421. The molecule has 26 heavy (non-hydrogen) atoms. The SMILES string of the molecule is C[C@H](O)COCC(=O)c1ncc2cncn2c1Cc1ccc(Br)cc1F. The predicted molar refractivity (Wildman–Crippen MR) is 96.7 cm³/mol. The zero-order valence-electron chi connectivity index (χ0n) is 14.0. The number of hydrogen-bond acceptors (Lipinski definition) is 5. The molecule has 0 spiro atoms. The van der Waals surface area contributed by atoms with Gasteiger partial charge in [0.15, 0.2) is 0 Å². The van der Waals surface area contributed by atoms with E-state index in [2.05, 4.69) is 25.9 Å². The second-order valence-electron chi connectivity index (χ2n) is 5.94. The minimum atomic E-state index is -0.664. The number of hydrogen-bond donors (Lipinski definition) is 1. The number of aliphatic hydroxyl groups is 1. The molecule has 0 fully saturated rings. The van der Waals surface area contributed by atoms with Crippen LogP contribution >= 0.6 is 15.9 Å². The molecule has 2 heterocycles. The molecule has 2 aromatic heterocycles. The van der Waals surface area contributed by atoms with Gasteiger partial charge in [-0.3, -0.25) is 9.20 Å². The quantitative estimate of drug-likeness (QED) is 0.593. The highest BCUT2D eigenvalue weighted by molar-refractivity contribution is 9.10. The molecule has 0 radical (unpaired) electrons. The highest BCUT2D eigenvalue weighted by atomic mass is 79.9. The van der Waals surface area contributed by atoms with Crippen LogP contribution in [0.4, 0.5) is 4.39 Å². The lowest BCUT2D eigenvalue weighted by atomic mass is 10.1. The monoisotopic (exact) mass is 421 g/mol. The molecule has 0 aliphatic heterocycles. The van der Waals surface area contributed by atoms with E-state index in [1.165, 1.54) is 12.3 Å². The Balaban J connectivity index is 1.96. The Kier molecular flexibility index (Phi) is 5.75. The molecule has 0 saturated carbocycles. The van der Waals surface area contributed by atoms with Crippen molar-refractivity contribution in [2.45, 2.75) is 19.4 Å². The number of ketones is 1. The molecule has 0 bridgehead atoms. The topological polar surface area (TPSA) is 76.7 Å². The molecule has 6 nitrogen and oxygen atoms in total. The summed E-state index contributed by atoms with van der Waals surface area (Å²) in [7, 11) is 0. The zero-order chi connectivity index (χ0) is 18.7. The van der Waals surface area contributed by atoms with Crippen LogP contribution in [0.5, 0.6) is 0 Å². The third kappa shape index (κ3) is 4.14. The summed E-state index contributed by atoms with van der Waals surface area (Å²) in [5, 5.41) is 9.24. The maximum absolute atomic E-state index is 14.3. The molecule has 136 valence electrons. The van der Waals surface area contributed by atoms with E-state index in [0.717, 1.165) is 0 Å². The minimum Gasteiger partial charge on any atom is -0.391 e. The Labute approximate surface area is 157 Å². The van der Waals surface area contributed by atoms with E-state index in [9.17, 15) is 14.3 Å². The molecule has 0 aliphatic carbocycles. The smallest absolute Gasteiger partial charge is 0.208 e. The van der Waals surface area contributed by atoms with Crippen LogP contribution in [0.3, 0.4) is 0 Å². The fourth-order valence-corrected chi connectivity index (χ4v) is 2.92. The van der Waals surface area contributed by atoms with Crippen LogP contribution in [-0.4, -0.2) is 44.6 Å². The standard InChI is InChI=1S/C18H17BrFN3O3/c1-11(24)8-26-9-17(25)18-16(23-10-21-6-14(23)7-22-18)4-12-2-3-13(19)5-15(12)20/h2-3,5-7,10-11,24H,4,8-9H2,1H3/t11-/m0/s1. The van der Waals surface area contributed by atoms with E-state index < -0.39 is 6.10 Å². The molecule has 0 unspecified atom stereocenters. The Morgan fingerprint density at radius 3 is 2.96 bits per heavy atom. The van der Waals surface area contributed by atoms with Crippen molar-refractivity contribution in [2.24, 2.45) is 0 Å². The van der Waals surface area contributed by atoms with Crippen molar-refractivity contribution >= 4 is 27.2 Å². The lowest BCUT2D eigenvalue weighted by Gasteiger charge is -2.12. The largest absolute Gasteiger partial charge is 0.391 e. The van der Waals surface area contributed by atoms with Crippen LogP contribution in [0.1, 0.15) is 28.7 Å². The van der Waals surface area contributed by atoms with Crippen molar-refractivity contribution in [3.63, 3.8) is 0 Å². The average molecular weight is 422 g/mol. The van der Waals surface area contributed by atoms with Crippen LogP contribution in [-0.2, 0) is 11.2 Å². The van der Waals surface area contributed by atoms with Crippen LogP contribution in [0.25, 0.3) is 5.52 Å². The van der Waals surface area contributed by atoms with E-state index >= 15 is 0 Å². The van der Waals surface area contributed by atoms with Gasteiger partial charge in [0.25, 0.3) is 0 Å². The van der Waals surface area contributed by atoms with E-state index in [-0.39, 0.29) is 36.9 Å². The zero-order valence-corrected chi connectivity index (χ0v) is 15.6. The summed E-state index contributed by atoms with van der Waals surface area (Å²) < 4.78 is 21.8. The summed E-state index contributed by atoms with van der Waals surface area (Å²) in [6.45, 7) is 1.41. The third-order valence-electron chi connectivity index (χ3n) is 3.79. The second kappa shape index (κ2) is 8.03. The summed E-state index contributed by atoms with van der Waals surface area (Å²) in [6.07, 6.45) is 4.24. The summed E-state index contributed by atoms with van der Waals surface area (Å²) in [5.74, 6) is -0.714. The van der Waals surface area contributed by atoms with Gasteiger partial charge in [0, 0.05) is 10.9 Å². The molecule has 3 aromatic rings. The van der Waals surface area contributed by atoms with Gasteiger partial charge in [-0.2, -0.15) is 0 Å². The number of ether oxygens (including phenoxy) is 1. The summed E-state index contributed by atoms with van der Waals surface area (Å²) in [5.41, 5.74) is 1.88. The van der Waals surface area contributed by atoms with Crippen molar-refractivity contribution in [2.75, 3.05) is 13.2 Å². The summed E-state index contributed by atoms with van der Waals surface area (Å²) in [6, 6.07) is 4.78. The second-order valence-corrected chi connectivity index (χ2v) is 6.86. The van der Waals surface area contributed by atoms with E-state index in [0.29, 0.717) is 21.2 Å². The molecule has 1 atom stereocenters. The molecule has 0 aliphatic rings. The van der Waals surface area contributed by atoms with Crippen LogP contribution in [0, 0.1) is 5.82 Å². The first-order chi connectivity index (χ1) is 12.5. The number of nitrogens with zero attached hydrogens (tertiary/aromatic N) is 3. The normalized spacial score (nSPS) is 12.5. The van der Waals surface area contributed by atoms with Crippen molar-refractivity contribution in [1.82, 2.24) is 14.4 Å². The van der Waals surface area contributed by atoms with Gasteiger partial charge < -0.3 is 9.84 Å². The number of aliphatic hydroxyl groups excluding tert-OH is 1. The number of rotatable bonds is 7. The number of halogens is 2. The molecular formula is C18H17BrFN3O3. The first kappa shape index (κ1) is 18.6. The van der Waals surface area contributed by atoms with Gasteiger partial charge in [-0.05, 0) is 24.6 Å². The molecular weight excluding hydrogens is 405 g/mol. The van der Waals surface area contributed by atoms with Gasteiger partial charge in [0.05, 0.1) is 42.6 Å². The molecule has 0 amide bonds. The van der Waals surface area contributed by atoms with Gasteiger partial charge in [0.2, 0.25) is 5.78 Å². The number of aromatic nitrogens is 3. The first-order valence-electron chi connectivity index (χ1n) is 7.98. The Hall–Kier alpha value is -2.16. The van der Waals surface area contributed by atoms with Crippen molar-refractivity contribution in [1.29, 1.82) is 0 Å². The Morgan fingerprint density at radius 1 is 1.42 bits per heavy atom. The number of imidazole rings is 1. The van der Waals surface area contributed by atoms with Crippen molar-refractivity contribution < 1.29 is 19.0 Å². The fourth-order valence-electron chi connectivity index (χ4n) is 2.58. The van der Waals surface area contributed by atoms with E-state index in [1.807, 2.05) is 0 Å². The first-order valence-corrected chi connectivity index (χ1v) is 8.78. The van der Waals surface area contributed by atoms with Gasteiger partial charge in [-0.1, -0.05) is 22.0 Å².